The Hall–Kier alpha value is -0.190. The highest BCUT2D eigenvalue weighted by atomic mass is 32.2. The van der Waals surface area contributed by atoms with Gasteiger partial charge in [0.1, 0.15) is 0 Å². The Labute approximate surface area is 98.3 Å². The van der Waals surface area contributed by atoms with E-state index in [0.29, 0.717) is 11.5 Å². The van der Waals surface area contributed by atoms with Crippen LogP contribution in [0.5, 0.6) is 0 Å². The van der Waals surface area contributed by atoms with Crippen molar-refractivity contribution >= 4 is 22.1 Å². The third kappa shape index (κ3) is 4.91. The van der Waals surface area contributed by atoms with Gasteiger partial charge in [0.15, 0.2) is 0 Å². The van der Waals surface area contributed by atoms with Gasteiger partial charge in [-0.25, -0.2) is 0 Å². The molecular formula is C11H19NOS2. The molecule has 0 bridgehead atoms. The molecule has 1 rings (SSSR count). The summed E-state index contributed by atoms with van der Waals surface area (Å²) in [5.74, 6) is 1.21. The highest BCUT2D eigenvalue weighted by molar-refractivity contribution is 7.84. The largest absolute Gasteiger partial charge is 0.325 e. The number of nitrogens with two attached hydrogens (primary N) is 1. The van der Waals surface area contributed by atoms with Gasteiger partial charge in [0, 0.05) is 31.8 Å². The molecule has 0 spiro atoms. The van der Waals surface area contributed by atoms with Crippen molar-refractivity contribution in [2.24, 2.45) is 5.73 Å². The molecule has 2 nitrogen and oxygen atoms in total. The summed E-state index contributed by atoms with van der Waals surface area (Å²) in [5, 5.41) is 0. The number of rotatable bonds is 5. The van der Waals surface area contributed by atoms with Crippen molar-refractivity contribution in [3.05, 3.63) is 21.9 Å². The summed E-state index contributed by atoms with van der Waals surface area (Å²) in [5.41, 5.74) is 5.49. The Morgan fingerprint density at radius 1 is 1.40 bits per heavy atom. The highest BCUT2D eigenvalue weighted by Gasteiger charge is 2.15. The SMILES string of the molecule is CCc1ccc(CS(=O)CC(C)(C)N)s1. The molecule has 0 aromatic carbocycles. The van der Waals surface area contributed by atoms with Crippen LogP contribution in [0.4, 0.5) is 0 Å². The van der Waals surface area contributed by atoms with Crippen LogP contribution < -0.4 is 5.73 Å². The minimum atomic E-state index is -0.844. The van der Waals surface area contributed by atoms with Crippen molar-refractivity contribution in [2.45, 2.75) is 38.5 Å². The van der Waals surface area contributed by atoms with Crippen molar-refractivity contribution in [2.75, 3.05) is 5.75 Å². The van der Waals surface area contributed by atoms with E-state index >= 15 is 0 Å². The topological polar surface area (TPSA) is 43.1 Å². The van der Waals surface area contributed by atoms with Crippen molar-refractivity contribution < 1.29 is 4.21 Å². The van der Waals surface area contributed by atoms with E-state index in [1.165, 1.54) is 9.75 Å². The van der Waals surface area contributed by atoms with Gasteiger partial charge in [-0.15, -0.1) is 11.3 Å². The van der Waals surface area contributed by atoms with E-state index in [2.05, 4.69) is 19.1 Å². The lowest BCUT2D eigenvalue weighted by Crippen LogP contribution is -2.38. The third-order valence-corrected chi connectivity index (χ3v) is 5.01. The van der Waals surface area contributed by atoms with Crippen molar-refractivity contribution in [3.8, 4) is 0 Å². The van der Waals surface area contributed by atoms with E-state index in [-0.39, 0.29) is 5.54 Å². The number of hydrogen-bond acceptors (Lipinski definition) is 3. The van der Waals surface area contributed by atoms with Crippen molar-refractivity contribution in [3.63, 3.8) is 0 Å². The van der Waals surface area contributed by atoms with E-state index in [1.54, 1.807) is 11.3 Å². The zero-order valence-electron chi connectivity index (χ0n) is 9.58. The molecule has 0 saturated carbocycles. The monoisotopic (exact) mass is 245 g/mol. The molecule has 2 N–H and O–H groups in total. The van der Waals surface area contributed by atoms with E-state index in [0.717, 1.165) is 6.42 Å². The lowest BCUT2D eigenvalue weighted by Gasteiger charge is -2.16. The van der Waals surface area contributed by atoms with Gasteiger partial charge in [0.25, 0.3) is 0 Å². The smallest absolute Gasteiger partial charge is 0.0580 e. The maximum absolute atomic E-state index is 11.8. The second-order valence-corrected chi connectivity index (χ2v) is 7.15. The van der Waals surface area contributed by atoms with Crippen LogP contribution in [-0.4, -0.2) is 15.5 Å². The summed E-state index contributed by atoms with van der Waals surface area (Å²) in [6.45, 7) is 5.96. The van der Waals surface area contributed by atoms with E-state index in [4.69, 9.17) is 5.73 Å². The van der Waals surface area contributed by atoms with Crippen molar-refractivity contribution in [1.29, 1.82) is 0 Å². The predicted octanol–water partition coefficient (Wildman–Crippen LogP) is 2.30. The minimum Gasteiger partial charge on any atom is -0.325 e. The summed E-state index contributed by atoms with van der Waals surface area (Å²) >= 11 is 1.75. The molecular weight excluding hydrogens is 226 g/mol. The van der Waals surface area contributed by atoms with E-state index < -0.39 is 10.8 Å². The lowest BCUT2D eigenvalue weighted by atomic mass is 10.1. The molecule has 0 saturated heterocycles. The normalized spacial score (nSPS) is 14.1. The average molecular weight is 245 g/mol. The van der Waals surface area contributed by atoms with Crippen molar-refractivity contribution in [1.82, 2.24) is 0 Å². The lowest BCUT2D eigenvalue weighted by molar-refractivity contribution is 0.577. The molecule has 86 valence electrons. The molecule has 1 unspecified atom stereocenters. The van der Waals surface area contributed by atoms with Crippen LogP contribution in [0.15, 0.2) is 12.1 Å². The fourth-order valence-corrected chi connectivity index (χ4v) is 4.04. The Morgan fingerprint density at radius 2 is 2.00 bits per heavy atom. The third-order valence-electron chi connectivity index (χ3n) is 1.90. The van der Waals surface area contributed by atoms with Gasteiger partial charge in [-0.05, 0) is 32.4 Å². The standard InChI is InChI=1S/C11H19NOS2/c1-4-9-5-6-10(14-9)7-15(13)8-11(2,3)12/h5-6H,4,7-8,12H2,1-3H3. The van der Waals surface area contributed by atoms with Crippen LogP contribution >= 0.6 is 11.3 Å². The molecule has 0 aliphatic heterocycles. The van der Waals surface area contributed by atoms with Gasteiger partial charge in [-0.1, -0.05) is 6.92 Å². The zero-order chi connectivity index (χ0) is 11.5. The molecule has 0 aliphatic rings. The average Bonchev–Trinajstić information content (AvgIpc) is 2.48. The Morgan fingerprint density at radius 3 is 2.47 bits per heavy atom. The van der Waals surface area contributed by atoms with Crippen LogP contribution in [-0.2, 0) is 23.0 Å². The molecule has 15 heavy (non-hydrogen) atoms. The zero-order valence-corrected chi connectivity index (χ0v) is 11.2. The van der Waals surface area contributed by atoms with Gasteiger partial charge >= 0.3 is 0 Å². The molecule has 1 aromatic heterocycles. The van der Waals surface area contributed by atoms with Crippen LogP contribution in [0.2, 0.25) is 0 Å². The molecule has 0 amide bonds. The molecule has 0 radical (unpaired) electrons. The van der Waals surface area contributed by atoms with Crippen LogP contribution in [0.1, 0.15) is 30.5 Å². The molecule has 1 aromatic rings. The summed E-state index contributed by atoms with van der Waals surface area (Å²) in [6.07, 6.45) is 1.06. The maximum Gasteiger partial charge on any atom is 0.0580 e. The quantitative estimate of drug-likeness (QED) is 0.865. The predicted molar refractivity (Wildman–Crippen MR) is 68.7 cm³/mol. The van der Waals surface area contributed by atoms with Crippen LogP contribution in [0.3, 0.4) is 0 Å². The van der Waals surface area contributed by atoms with Gasteiger partial charge in [0.05, 0.1) is 5.75 Å². The molecule has 1 heterocycles. The van der Waals surface area contributed by atoms with Gasteiger partial charge < -0.3 is 5.73 Å². The number of thiophene rings is 1. The first-order valence-corrected chi connectivity index (χ1v) is 7.42. The molecule has 4 heteroatoms. The van der Waals surface area contributed by atoms with E-state index in [9.17, 15) is 4.21 Å². The number of aryl methyl sites for hydroxylation is 1. The Kier molecular flexibility index (Phi) is 4.49. The fraction of sp³-hybridized carbons (Fsp3) is 0.636. The Balaban J connectivity index is 2.51. The molecule has 0 aliphatic carbocycles. The van der Waals surface area contributed by atoms with Crippen LogP contribution in [0, 0.1) is 0 Å². The summed E-state index contributed by atoms with van der Waals surface area (Å²) in [6, 6.07) is 4.19. The summed E-state index contributed by atoms with van der Waals surface area (Å²) in [7, 11) is -0.844. The van der Waals surface area contributed by atoms with Gasteiger partial charge in [-0.3, -0.25) is 4.21 Å². The summed E-state index contributed by atoms with van der Waals surface area (Å²) < 4.78 is 11.8. The summed E-state index contributed by atoms with van der Waals surface area (Å²) in [4.78, 5) is 2.56. The first-order valence-electron chi connectivity index (χ1n) is 5.12. The minimum absolute atomic E-state index is 0.338. The molecule has 1 atom stereocenters. The first-order chi connectivity index (χ1) is 6.90. The first kappa shape index (κ1) is 12.9. The van der Waals surface area contributed by atoms with E-state index in [1.807, 2.05) is 13.8 Å². The number of hydrogen-bond donors (Lipinski definition) is 1. The van der Waals surface area contributed by atoms with Crippen LogP contribution in [0.25, 0.3) is 0 Å². The maximum atomic E-state index is 11.8. The molecule has 0 fully saturated rings. The highest BCUT2D eigenvalue weighted by Crippen LogP contribution is 2.19. The second kappa shape index (κ2) is 5.23. The van der Waals surface area contributed by atoms with Gasteiger partial charge in [0.2, 0.25) is 0 Å². The Bertz CT molecular complexity index is 339. The fourth-order valence-electron chi connectivity index (χ4n) is 1.31. The van der Waals surface area contributed by atoms with Gasteiger partial charge in [-0.2, -0.15) is 0 Å². The second-order valence-electron chi connectivity index (χ2n) is 4.44.